The van der Waals surface area contributed by atoms with E-state index in [1.54, 1.807) is 12.1 Å². The van der Waals surface area contributed by atoms with Gasteiger partial charge in [-0.2, -0.15) is 4.21 Å². The van der Waals surface area contributed by atoms with E-state index in [0.717, 1.165) is 18.8 Å². The average molecular weight is 261 g/mol. The highest BCUT2D eigenvalue weighted by Crippen LogP contribution is 2.20. The second kappa shape index (κ2) is 5.47. The Bertz CT molecular complexity index is 424. The minimum absolute atomic E-state index is 0.304. The summed E-state index contributed by atoms with van der Waals surface area (Å²) in [5.74, 6) is 0.304. The number of nitrogens with zero attached hydrogens (tertiary/aromatic N) is 1. The lowest BCUT2D eigenvalue weighted by atomic mass is 10.2. The van der Waals surface area contributed by atoms with Crippen molar-refractivity contribution in [3.63, 3.8) is 0 Å². The Morgan fingerprint density at radius 1 is 1.31 bits per heavy atom. The van der Waals surface area contributed by atoms with Gasteiger partial charge in [-0.25, -0.2) is 0 Å². The lowest BCUT2D eigenvalue weighted by molar-refractivity contribution is 0.454. The van der Waals surface area contributed by atoms with Crippen molar-refractivity contribution in [1.82, 2.24) is 0 Å². The van der Waals surface area contributed by atoms with Crippen molar-refractivity contribution < 1.29 is 12.9 Å². The molecule has 16 heavy (non-hydrogen) atoms. The van der Waals surface area contributed by atoms with Gasteiger partial charge >= 0.3 is 9.05 Å². The van der Waals surface area contributed by atoms with Crippen LogP contribution >= 0.6 is 0 Å². The number of rotatable bonds is 5. The van der Waals surface area contributed by atoms with E-state index in [2.05, 4.69) is 34.1 Å². The van der Waals surface area contributed by atoms with E-state index in [9.17, 15) is 4.21 Å². The van der Waals surface area contributed by atoms with E-state index >= 15 is 0 Å². The molecule has 6 heteroatoms. The molecule has 1 rings (SSSR count). The molecule has 1 unspecified atom stereocenters. The maximum absolute atomic E-state index is 10.8. The molecule has 0 heterocycles. The normalized spacial score (nSPS) is 14.2. The Hall–Kier alpha value is -0.850. The van der Waals surface area contributed by atoms with E-state index in [-0.39, 0.29) is 0 Å². The molecule has 0 saturated carbocycles. The predicted molar refractivity (Wildman–Crippen MR) is 68.8 cm³/mol. The van der Waals surface area contributed by atoms with Gasteiger partial charge in [-0.15, -0.1) is 0 Å². The van der Waals surface area contributed by atoms with Crippen molar-refractivity contribution in [2.45, 2.75) is 13.8 Å². The first kappa shape index (κ1) is 13.2. The number of benzene rings is 1. The van der Waals surface area contributed by atoms with Crippen LogP contribution in [0.4, 0.5) is 5.69 Å². The van der Waals surface area contributed by atoms with Crippen LogP contribution in [0.3, 0.4) is 0 Å². The second-order valence-corrected chi connectivity index (χ2v) is 5.46. The quantitative estimate of drug-likeness (QED) is 0.879. The van der Waals surface area contributed by atoms with Crippen molar-refractivity contribution in [1.29, 1.82) is 0 Å². The minimum atomic E-state index is -3.60. The molecule has 4 nitrogen and oxygen atoms in total. The van der Waals surface area contributed by atoms with Gasteiger partial charge in [0.15, 0.2) is 0 Å². The number of anilines is 1. The topological polar surface area (TPSA) is 49.8 Å². The summed E-state index contributed by atoms with van der Waals surface area (Å²) in [4.78, 5) is 2.16. The summed E-state index contributed by atoms with van der Waals surface area (Å²) < 4.78 is 24.4. The van der Waals surface area contributed by atoms with Crippen molar-refractivity contribution >= 4 is 25.9 Å². The summed E-state index contributed by atoms with van der Waals surface area (Å²) in [6, 6.07) is 6.94. The Kier molecular flexibility index (Phi) is 4.52. The van der Waals surface area contributed by atoms with Crippen LogP contribution in [0, 0.1) is 0 Å². The Morgan fingerprint density at radius 2 is 1.81 bits per heavy atom. The first-order chi connectivity index (χ1) is 7.46. The van der Waals surface area contributed by atoms with E-state index in [1.165, 1.54) is 0 Å². The van der Waals surface area contributed by atoms with Crippen molar-refractivity contribution in [3.05, 3.63) is 24.3 Å². The van der Waals surface area contributed by atoms with Crippen LogP contribution in [0.25, 0.3) is 0 Å². The van der Waals surface area contributed by atoms with Crippen LogP contribution in [-0.4, -0.2) is 21.9 Å². The Morgan fingerprint density at radius 3 is 2.19 bits per heavy atom. The molecule has 0 amide bonds. The van der Waals surface area contributed by atoms with Crippen LogP contribution in [-0.2, 0) is 20.2 Å². The van der Waals surface area contributed by atoms with E-state index in [1.807, 2.05) is 12.1 Å². The van der Waals surface area contributed by atoms with Crippen LogP contribution in [0.2, 0.25) is 0 Å². The van der Waals surface area contributed by atoms with E-state index < -0.39 is 9.05 Å². The predicted octanol–water partition coefficient (Wildman–Crippen LogP) is 2.05. The van der Waals surface area contributed by atoms with Gasteiger partial charge in [-0.1, -0.05) is 0 Å². The Balaban J connectivity index is 2.82. The largest absolute Gasteiger partial charge is 0.382 e. The molecule has 0 aromatic heterocycles. The van der Waals surface area contributed by atoms with E-state index in [0.29, 0.717) is 5.75 Å². The lowest BCUT2D eigenvalue weighted by Crippen LogP contribution is -2.21. The number of hydrogen-bond donors (Lipinski definition) is 1. The molecular formula is C10H15NO3S2. The molecule has 0 aliphatic rings. The summed E-state index contributed by atoms with van der Waals surface area (Å²) in [7, 11) is -3.60. The summed E-state index contributed by atoms with van der Waals surface area (Å²) in [6.07, 6.45) is 0. The first-order valence-corrected chi connectivity index (χ1v) is 7.34. The van der Waals surface area contributed by atoms with Crippen molar-refractivity contribution in [2.75, 3.05) is 18.0 Å². The summed E-state index contributed by atoms with van der Waals surface area (Å²) >= 11 is 4.25. The maximum Gasteiger partial charge on any atom is 0.311 e. The Labute approximate surface area is 101 Å². The second-order valence-electron chi connectivity index (χ2n) is 3.18. The molecule has 0 spiro atoms. The molecule has 90 valence electrons. The third kappa shape index (κ3) is 3.96. The molecule has 1 aromatic rings. The number of hydrogen-bond acceptors (Lipinski definition) is 4. The van der Waals surface area contributed by atoms with Gasteiger partial charge in [0.05, 0.1) is 11.2 Å². The fraction of sp³-hybridized carbons (Fsp3) is 0.400. The molecule has 1 N–H and O–H groups in total. The zero-order valence-corrected chi connectivity index (χ0v) is 10.9. The smallest absolute Gasteiger partial charge is 0.311 e. The molecule has 0 aliphatic carbocycles. The van der Waals surface area contributed by atoms with Gasteiger partial charge in [0, 0.05) is 18.8 Å². The molecule has 0 bridgehead atoms. The van der Waals surface area contributed by atoms with Crippen LogP contribution in [0.1, 0.15) is 13.8 Å². The fourth-order valence-electron chi connectivity index (χ4n) is 1.42. The molecular weight excluding hydrogens is 246 g/mol. The first-order valence-electron chi connectivity index (χ1n) is 4.98. The highest BCUT2D eigenvalue weighted by Gasteiger charge is 2.05. The van der Waals surface area contributed by atoms with Crippen molar-refractivity contribution in [3.8, 4) is 5.75 Å². The molecule has 0 saturated heterocycles. The zero-order valence-electron chi connectivity index (χ0n) is 9.25. The summed E-state index contributed by atoms with van der Waals surface area (Å²) in [5.41, 5.74) is 1.05. The standard InChI is InChI=1S/C10H15NO3S2/c1-3-11(4-2)9-5-7-10(8-6-9)14-16(12,13)15/h5-8H,3-4H2,1-2H3,(H,12,13,15). The highest BCUT2D eigenvalue weighted by atomic mass is 32.9. The molecule has 0 aliphatic heterocycles. The molecule has 0 fully saturated rings. The maximum atomic E-state index is 10.8. The van der Waals surface area contributed by atoms with Gasteiger partial charge in [0.25, 0.3) is 0 Å². The van der Waals surface area contributed by atoms with Crippen molar-refractivity contribution in [2.24, 2.45) is 0 Å². The average Bonchev–Trinajstić information content (AvgIpc) is 2.20. The third-order valence-corrected chi connectivity index (χ3v) is 2.77. The summed E-state index contributed by atoms with van der Waals surface area (Å²) in [5, 5.41) is 0. The van der Waals surface area contributed by atoms with Crippen LogP contribution in [0.15, 0.2) is 24.3 Å². The van der Waals surface area contributed by atoms with Crippen LogP contribution in [0.5, 0.6) is 5.75 Å². The van der Waals surface area contributed by atoms with Crippen LogP contribution < -0.4 is 9.08 Å². The highest BCUT2D eigenvalue weighted by molar-refractivity contribution is 8.27. The van der Waals surface area contributed by atoms with Gasteiger partial charge in [-0.3, -0.25) is 4.55 Å². The van der Waals surface area contributed by atoms with E-state index in [4.69, 9.17) is 4.55 Å². The molecule has 0 radical (unpaired) electrons. The lowest BCUT2D eigenvalue weighted by Gasteiger charge is -2.20. The SMILES string of the molecule is CCN(CC)c1ccc(OS(=O)(O)=S)cc1. The van der Waals surface area contributed by atoms with Gasteiger partial charge < -0.3 is 9.08 Å². The van der Waals surface area contributed by atoms with Gasteiger partial charge in [0.2, 0.25) is 0 Å². The summed E-state index contributed by atoms with van der Waals surface area (Å²) in [6.45, 7) is 5.96. The molecule has 1 atom stereocenters. The zero-order chi connectivity index (χ0) is 12.2. The van der Waals surface area contributed by atoms with Gasteiger partial charge in [0.1, 0.15) is 5.75 Å². The fourth-order valence-corrected chi connectivity index (χ4v) is 2.01. The molecule has 1 aromatic carbocycles. The minimum Gasteiger partial charge on any atom is -0.382 e. The monoisotopic (exact) mass is 261 g/mol. The third-order valence-electron chi connectivity index (χ3n) is 2.17. The van der Waals surface area contributed by atoms with Gasteiger partial charge in [-0.05, 0) is 38.1 Å².